The molecule has 0 spiro atoms. The normalized spacial score (nSPS) is 25.6. The topological polar surface area (TPSA) is 41.6 Å². The van der Waals surface area contributed by atoms with Crippen LogP contribution in [0.15, 0.2) is 17.5 Å². The average Bonchev–Trinajstić information content (AvgIpc) is 2.86. The summed E-state index contributed by atoms with van der Waals surface area (Å²) < 4.78 is 4.05. The summed E-state index contributed by atoms with van der Waals surface area (Å²) in [6.45, 7) is 5.10. The molecule has 0 bridgehead atoms. The highest BCUT2D eigenvalue weighted by Crippen LogP contribution is 2.33. The van der Waals surface area contributed by atoms with E-state index in [1.807, 2.05) is 30.2 Å². The number of hydrogen-bond donors (Lipinski definition) is 1. The maximum Gasteiger partial charge on any atom is 0.262 e. The highest BCUT2D eigenvalue weighted by atomic mass is 35.6. The van der Waals surface area contributed by atoms with Crippen molar-refractivity contribution in [1.82, 2.24) is 10.2 Å². The molecule has 3 atom stereocenters. The molecule has 1 amide bonds. The lowest BCUT2D eigenvalue weighted by Crippen LogP contribution is -2.60. The number of carbonyl (C=O) groups excluding carboxylic acids is 1. The summed E-state index contributed by atoms with van der Waals surface area (Å²) in [6.07, 6.45) is -0.671. The first-order valence-electron chi connectivity index (χ1n) is 6.58. The smallest absolute Gasteiger partial charge is 0.262 e. The standard InChI is InChI=1S/C13H17Cl3N2O2S/c1-8-6-18(7-9(2)20-8)12(13(14,15)16)17-11(19)10-4-3-5-21-10/h3-5,8-9,12H,6-7H2,1-2H3,(H,17,19). The first-order chi connectivity index (χ1) is 9.77. The van der Waals surface area contributed by atoms with Gasteiger partial charge in [0.1, 0.15) is 6.17 Å². The number of hydrogen-bond acceptors (Lipinski definition) is 4. The lowest BCUT2D eigenvalue weighted by molar-refractivity contribution is -0.0826. The predicted octanol–water partition coefficient (Wildman–Crippen LogP) is 3.28. The van der Waals surface area contributed by atoms with Crippen LogP contribution in [0.2, 0.25) is 0 Å². The molecule has 0 aromatic carbocycles. The van der Waals surface area contributed by atoms with Crippen molar-refractivity contribution in [2.24, 2.45) is 0 Å². The summed E-state index contributed by atoms with van der Waals surface area (Å²) in [6, 6.07) is 3.54. The van der Waals surface area contributed by atoms with E-state index >= 15 is 0 Å². The van der Waals surface area contributed by atoms with Crippen LogP contribution in [0.1, 0.15) is 23.5 Å². The second-order valence-electron chi connectivity index (χ2n) is 5.11. The third-order valence-corrected chi connectivity index (χ3v) is 4.62. The Kier molecular flexibility index (Phi) is 5.79. The zero-order valence-electron chi connectivity index (χ0n) is 11.7. The van der Waals surface area contributed by atoms with E-state index in [1.165, 1.54) is 11.3 Å². The number of halogens is 3. The summed E-state index contributed by atoms with van der Waals surface area (Å²) in [5, 5.41) is 4.65. The third kappa shape index (κ3) is 4.71. The highest BCUT2D eigenvalue weighted by molar-refractivity contribution is 7.12. The summed E-state index contributed by atoms with van der Waals surface area (Å²) >= 11 is 19.6. The molecule has 118 valence electrons. The maximum absolute atomic E-state index is 12.2. The van der Waals surface area contributed by atoms with Gasteiger partial charge in [-0.15, -0.1) is 11.3 Å². The fourth-order valence-electron chi connectivity index (χ4n) is 2.41. The summed E-state index contributed by atoms with van der Waals surface area (Å²) in [7, 11) is 0. The number of thiophene rings is 1. The van der Waals surface area contributed by atoms with Crippen LogP contribution in [0.3, 0.4) is 0 Å². The van der Waals surface area contributed by atoms with Crippen molar-refractivity contribution < 1.29 is 9.53 Å². The van der Waals surface area contributed by atoms with Gasteiger partial charge in [-0.3, -0.25) is 9.69 Å². The molecule has 1 N–H and O–H groups in total. The van der Waals surface area contributed by atoms with Gasteiger partial charge in [-0.2, -0.15) is 0 Å². The molecule has 0 saturated carbocycles. The Labute approximate surface area is 143 Å². The highest BCUT2D eigenvalue weighted by Gasteiger charge is 2.41. The minimum atomic E-state index is -1.62. The zero-order valence-corrected chi connectivity index (χ0v) is 14.8. The van der Waals surface area contributed by atoms with Gasteiger partial charge in [0.2, 0.25) is 3.79 Å². The van der Waals surface area contributed by atoms with Crippen molar-refractivity contribution in [3.63, 3.8) is 0 Å². The van der Waals surface area contributed by atoms with Gasteiger partial charge in [-0.25, -0.2) is 0 Å². The van der Waals surface area contributed by atoms with Crippen molar-refractivity contribution in [3.8, 4) is 0 Å². The van der Waals surface area contributed by atoms with Gasteiger partial charge in [0.15, 0.2) is 0 Å². The fraction of sp³-hybridized carbons (Fsp3) is 0.615. The van der Waals surface area contributed by atoms with E-state index < -0.39 is 9.96 Å². The molecule has 0 aliphatic carbocycles. The molecule has 0 radical (unpaired) electrons. The number of nitrogens with one attached hydrogen (secondary N) is 1. The van der Waals surface area contributed by atoms with E-state index in [4.69, 9.17) is 39.5 Å². The largest absolute Gasteiger partial charge is 0.373 e. The molecule has 1 fully saturated rings. The molecule has 2 rings (SSSR count). The number of carbonyl (C=O) groups is 1. The van der Waals surface area contributed by atoms with Gasteiger partial charge in [0.25, 0.3) is 5.91 Å². The van der Waals surface area contributed by atoms with Crippen molar-refractivity contribution >= 4 is 52.0 Å². The quantitative estimate of drug-likeness (QED) is 0.829. The Hall–Kier alpha value is -0.0400. The van der Waals surface area contributed by atoms with Crippen LogP contribution in [-0.4, -0.2) is 46.1 Å². The second kappa shape index (κ2) is 7.02. The SMILES string of the molecule is CC1CN(C(NC(=O)c2cccs2)C(Cl)(Cl)Cl)CC(C)O1. The van der Waals surface area contributed by atoms with E-state index in [2.05, 4.69) is 5.32 Å². The van der Waals surface area contributed by atoms with Crippen molar-refractivity contribution in [3.05, 3.63) is 22.4 Å². The Morgan fingerprint density at radius 3 is 2.52 bits per heavy atom. The lowest BCUT2D eigenvalue weighted by Gasteiger charge is -2.42. The van der Waals surface area contributed by atoms with Gasteiger partial charge in [-0.1, -0.05) is 40.9 Å². The van der Waals surface area contributed by atoms with Crippen LogP contribution >= 0.6 is 46.1 Å². The second-order valence-corrected chi connectivity index (χ2v) is 8.42. The minimum Gasteiger partial charge on any atom is -0.373 e. The lowest BCUT2D eigenvalue weighted by atomic mass is 10.2. The van der Waals surface area contributed by atoms with E-state index in [-0.39, 0.29) is 18.1 Å². The molecule has 21 heavy (non-hydrogen) atoms. The van der Waals surface area contributed by atoms with Gasteiger partial charge in [0, 0.05) is 13.1 Å². The number of rotatable bonds is 3. The van der Waals surface area contributed by atoms with Gasteiger partial charge in [0.05, 0.1) is 17.1 Å². The van der Waals surface area contributed by atoms with Crippen LogP contribution in [-0.2, 0) is 4.74 Å². The summed E-state index contributed by atoms with van der Waals surface area (Å²) in [5.74, 6) is -0.242. The molecular formula is C13H17Cl3N2O2S. The number of morpholine rings is 1. The van der Waals surface area contributed by atoms with Crippen molar-refractivity contribution in [1.29, 1.82) is 0 Å². The first-order valence-corrected chi connectivity index (χ1v) is 8.59. The van der Waals surface area contributed by atoms with E-state index in [9.17, 15) is 4.79 Å². The Bertz CT molecular complexity index is 468. The van der Waals surface area contributed by atoms with E-state index in [0.717, 1.165) is 0 Å². The summed E-state index contributed by atoms with van der Waals surface area (Å²) in [5.41, 5.74) is 0. The number of alkyl halides is 3. The molecule has 2 heterocycles. The maximum atomic E-state index is 12.2. The minimum absolute atomic E-state index is 0.0160. The van der Waals surface area contributed by atoms with Gasteiger partial charge < -0.3 is 10.1 Å². The zero-order chi connectivity index (χ0) is 15.6. The van der Waals surface area contributed by atoms with Crippen LogP contribution in [0.25, 0.3) is 0 Å². The number of nitrogens with zero attached hydrogens (tertiary/aromatic N) is 1. The molecule has 1 aromatic heterocycles. The van der Waals surface area contributed by atoms with E-state index in [1.54, 1.807) is 6.07 Å². The average molecular weight is 372 g/mol. The molecule has 8 heteroatoms. The molecule has 1 saturated heterocycles. The van der Waals surface area contributed by atoms with Crippen molar-refractivity contribution in [2.75, 3.05) is 13.1 Å². The van der Waals surface area contributed by atoms with Crippen LogP contribution in [0, 0.1) is 0 Å². The Morgan fingerprint density at radius 1 is 1.43 bits per heavy atom. The predicted molar refractivity (Wildman–Crippen MR) is 87.4 cm³/mol. The van der Waals surface area contributed by atoms with Crippen LogP contribution < -0.4 is 5.32 Å². The molecule has 3 unspecified atom stereocenters. The van der Waals surface area contributed by atoms with Crippen LogP contribution in [0.5, 0.6) is 0 Å². The number of amides is 1. The first kappa shape index (κ1) is 17.3. The molecular weight excluding hydrogens is 355 g/mol. The fourth-order valence-corrected chi connectivity index (χ4v) is 3.62. The van der Waals surface area contributed by atoms with Gasteiger partial charge >= 0.3 is 0 Å². The van der Waals surface area contributed by atoms with Crippen LogP contribution in [0.4, 0.5) is 0 Å². The van der Waals surface area contributed by atoms with E-state index in [0.29, 0.717) is 18.0 Å². The Morgan fingerprint density at radius 2 is 2.05 bits per heavy atom. The van der Waals surface area contributed by atoms with Crippen molar-refractivity contribution in [2.45, 2.75) is 36.0 Å². The monoisotopic (exact) mass is 370 g/mol. The Balaban J connectivity index is 2.13. The molecule has 1 aliphatic heterocycles. The summed E-state index contributed by atoms with van der Waals surface area (Å²) in [4.78, 5) is 14.8. The third-order valence-electron chi connectivity index (χ3n) is 3.14. The molecule has 4 nitrogen and oxygen atoms in total. The molecule has 1 aliphatic rings. The number of ether oxygens (including phenoxy) is 1. The molecule has 1 aromatic rings. The van der Waals surface area contributed by atoms with Gasteiger partial charge in [-0.05, 0) is 25.3 Å².